The minimum absolute atomic E-state index is 0.100. The lowest BCUT2D eigenvalue weighted by atomic mass is 9.80. The fourth-order valence-corrected chi connectivity index (χ4v) is 6.13. The molecule has 0 aromatic heterocycles. The number of ether oxygens (including phenoxy) is 2. The fourth-order valence-electron chi connectivity index (χ4n) is 6.13. The lowest BCUT2D eigenvalue weighted by molar-refractivity contribution is -0.138. The van der Waals surface area contributed by atoms with Gasteiger partial charge in [0.05, 0.1) is 18.2 Å². The minimum Gasteiger partial charge on any atom is -0.490 e. The molecule has 0 radical (unpaired) electrons. The summed E-state index contributed by atoms with van der Waals surface area (Å²) in [7, 11) is 0. The second kappa shape index (κ2) is 10.4. The number of carbonyl (C=O) groups excluding carboxylic acids is 2. The number of hydrogen-bond acceptors (Lipinski definition) is 6. The highest BCUT2D eigenvalue weighted by molar-refractivity contribution is 5.79. The maximum Gasteiger partial charge on any atom is 0.410 e. The predicted molar refractivity (Wildman–Crippen MR) is 130 cm³/mol. The summed E-state index contributed by atoms with van der Waals surface area (Å²) < 4.78 is 11.9. The third-order valence-electron chi connectivity index (χ3n) is 8.27. The van der Waals surface area contributed by atoms with Gasteiger partial charge in [-0.05, 0) is 69.0 Å². The summed E-state index contributed by atoms with van der Waals surface area (Å²) >= 11 is 0. The van der Waals surface area contributed by atoms with Crippen LogP contribution in [-0.2, 0) is 9.53 Å². The molecule has 1 N–H and O–H groups in total. The second-order valence-electron chi connectivity index (χ2n) is 10.7. The van der Waals surface area contributed by atoms with E-state index in [1.54, 1.807) is 12.1 Å². The van der Waals surface area contributed by atoms with Crippen LogP contribution in [0.2, 0.25) is 0 Å². The van der Waals surface area contributed by atoms with Gasteiger partial charge < -0.3 is 24.6 Å². The van der Waals surface area contributed by atoms with Crippen LogP contribution < -0.4 is 10.1 Å². The van der Waals surface area contributed by atoms with Gasteiger partial charge in [0, 0.05) is 51.2 Å². The number of piperidine rings is 2. The molecule has 4 aliphatic rings. The average Bonchev–Trinajstić information content (AvgIpc) is 3.19. The number of nitriles is 1. The maximum atomic E-state index is 13.2. The Kier molecular flexibility index (Phi) is 7.14. The van der Waals surface area contributed by atoms with Gasteiger partial charge in [0.2, 0.25) is 5.91 Å². The molecule has 1 saturated carbocycles. The fraction of sp³-hybridized carbons (Fsp3) is 0.667. The first kappa shape index (κ1) is 23.9. The van der Waals surface area contributed by atoms with Crippen LogP contribution in [0.3, 0.4) is 0 Å². The van der Waals surface area contributed by atoms with E-state index >= 15 is 0 Å². The Bertz CT molecular complexity index is 937. The Morgan fingerprint density at radius 1 is 1.09 bits per heavy atom. The van der Waals surface area contributed by atoms with Crippen molar-refractivity contribution in [3.63, 3.8) is 0 Å². The summed E-state index contributed by atoms with van der Waals surface area (Å²) in [6, 6.07) is 9.32. The molecule has 8 heteroatoms. The van der Waals surface area contributed by atoms with Crippen LogP contribution in [0.25, 0.3) is 0 Å². The minimum atomic E-state index is -0.286. The Hall–Kier alpha value is -2.79. The highest BCUT2D eigenvalue weighted by Crippen LogP contribution is 2.35. The SMILES string of the molecule is N#Cc1ccc(OC2CCN(C(=O)C3CCC(CN4CC5(CCNCC5)OC4=O)CC3)CC2)cc1. The molecule has 3 aliphatic heterocycles. The van der Waals surface area contributed by atoms with Gasteiger partial charge in [0.25, 0.3) is 0 Å². The Morgan fingerprint density at radius 2 is 1.77 bits per heavy atom. The van der Waals surface area contributed by atoms with Gasteiger partial charge in [0.15, 0.2) is 0 Å². The predicted octanol–water partition coefficient (Wildman–Crippen LogP) is 3.31. The number of rotatable bonds is 5. The van der Waals surface area contributed by atoms with E-state index < -0.39 is 0 Å². The van der Waals surface area contributed by atoms with Gasteiger partial charge in [-0.15, -0.1) is 0 Å². The summed E-state index contributed by atoms with van der Waals surface area (Å²) in [6.07, 6.45) is 7.19. The molecule has 0 unspecified atom stereocenters. The van der Waals surface area contributed by atoms with E-state index in [1.165, 1.54) is 0 Å². The molecule has 1 aliphatic carbocycles. The molecule has 35 heavy (non-hydrogen) atoms. The van der Waals surface area contributed by atoms with E-state index in [-0.39, 0.29) is 29.6 Å². The Balaban J connectivity index is 1.04. The van der Waals surface area contributed by atoms with Crippen molar-refractivity contribution in [3.05, 3.63) is 29.8 Å². The summed E-state index contributed by atoms with van der Waals surface area (Å²) in [5.74, 6) is 1.62. The van der Waals surface area contributed by atoms with Crippen molar-refractivity contribution < 1.29 is 19.1 Å². The molecule has 1 spiro atoms. The molecule has 2 amide bonds. The molecule has 1 aromatic rings. The molecule has 4 fully saturated rings. The normalized spacial score (nSPS) is 26.9. The molecule has 5 rings (SSSR count). The number of hydrogen-bond donors (Lipinski definition) is 1. The number of nitrogens with zero attached hydrogens (tertiary/aromatic N) is 3. The van der Waals surface area contributed by atoms with E-state index in [4.69, 9.17) is 14.7 Å². The average molecular weight is 481 g/mol. The van der Waals surface area contributed by atoms with Crippen molar-refractivity contribution in [1.29, 1.82) is 5.26 Å². The van der Waals surface area contributed by atoms with Crippen molar-refractivity contribution in [2.24, 2.45) is 11.8 Å². The highest BCUT2D eigenvalue weighted by atomic mass is 16.6. The van der Waals surface area contributed by atoms with Crippen LogP contribution in [0.1, 0.15) is 56.9 Å². The van der Waals surface area contributed by atoms with E-state index in [0.717, 1.165) is 89.8 Å². The third-order valence-corrected chi connectivity index (χ3v) is 8.27. The summed E-state index contributed by atoms with van der Waals surface area (Å²) in [4.78, 5) is 29.6. The van der Waals surface area contributed by atoms with Crippen LogP contribution in [0.15, 0.2) is 24.3 Å². The van der Waals surface area contributed by atoms with Crippen molar-refractivity contribution in [2.75, 3.05) is 39.3 Å². The van der Waals surface area contributed by atoms with Gasteiger partial charge >= 0.3 is 6.09 Å². The number of nitrogens with one attached hydrogen (secondary N) is 1. The molecular formula is C27H36N4O4. The number of benzene rings is 1. The van der Waals surface area contributed by atoms with Crippen LogP contribution in [0.5, 0.6) is 5.75 Å². The maximum absolute atomic E-state index is 13.2. The lowest BCUT2D eigenvalue weighted by Gasteiger charge is -2.37. The van der Waals surface area contributed by atoms with Crippen LogP contribution >= 0.6 is 0 Å². The van der Waals surface area contributed by atoms with E-state index in [1.807, 2.05) is 21.9 Å². The smallest absolute Gasteiger partial charge is 0.410 e. The molecule has 0 atom stereocenters. The van der Waals surface area contributed by atoms with Gasteiger partial charge in [-0.3, -0.25) is 4.79 Å². The Morgan fingerprint density at radius 3 is 2.43 bits per heavy atom. The first-order chi connectivity index (χ1) is 17.0. The van der Waals surface area contributed by atoms with E-state index in [0.29, 0.717) is 18.0 Å². The third kappa shape index (κ3) is 5.56. The van der Waals surface area contributed by atoms with Crippen molar-refractivity contribution in [1.82, 2.24) is 15.1 Å². The Labute approximate surface area is 207 Å². The van der Waals surface area contributed by atoms with Crippen LogP contribution in [0.4, 0.5) is 4.79 Å². The first-order valence-electron chi connectivity index (χ1n) is 13.2. The number of amides is 2. The van der Waals surface area contributed by atoms with Crippen LogP contribution in [0, 0.1) is 23.2 Å². The first-order valence-corrected chi connectivity index (χ1v) is 13.2. The van der Waals surface area contributed by atoms with Crippen molar-refractivity contribution in [3.8, 4) is 11.8 Å². The molecule has 3 saturated heterocycles. The van der Waals surface area contributed by atoms with Gasteiger partial charge in [-0.2, -0.15) is 5.26 Å². The lowest BCUT2D eigenvalue weighted by Crippen LogP contribution is -2.46. The highest BCUT2D eigenvalue weighted by Gasteiger charge is 2.46. The molecule has 3 heterocycles. The van der Waals surface area contributed by atoms with Crippen molar-refractivity contribution >= 4 is 12.0 Å². The van der Waals surface area contributed by atoms with Gasteiger partial charge in [-0.1, -0.05) is 0 Å². The van der Waals surface area contributed by atoms with Crippen LogP contribution in [-0.4, -0.2) is 72.8 Å². The van der Waals surface area contributed by atoms with E-state index in [9.17, 15) is 9.59 Å². The quantitative estimate of drug-likeness (QED) is 0.695. The summed E-state index contributed by atoms with van der Waals surface area (Å²) in [6.45, 7) is 4.76. The molecule has 1 aromatic carbocycles. The molecule has 0 bridgehead atoms. The topological polar surface area (TPSA) is 94.9 Å². The zero-order valence-corrected chi connectivity index (χ0v) is 20.4. The molecule has 8 nitrogen and oxygen atoms in total. The largest absolute Gasteiger partial charge is 0.490 e. The van der Waals surface area contributed by atoms with Crippen molar-refractivity contribution in [2.45, 2.75) is 63.1 Å². The number of carbonyl (C=O) groups is 2. The van der Waals surface area contributed by atoms with Gasteiger partial charge in [0.1, 0.15) is 17.5 Å². The van der Waals surface area contributed by atoms with E-state index in [2.05, 4.69) is 11.4 Å². The standard InChI is InChI=1S/C27H36N4O4/c28-17-20-3-7-23(8-4-20)34-24-9-15-30(16-10-24)25(32)22-5-1-21(2-6-22)18-31-19-27(35-26(31)33)11-13-29-14-12-27/h3-4,7-8,21-22,24,29H,1-2,5-6,9-16,18-19H2. The zero-order valence-electron chi connectivity index (χ0n) is 20.4. The summed E-state index contributed by atoms with van der Waals surface area (Å²) in [5, 5.41) is 12.3. The second-order valence-corrected chi connectivity index (χ2v) is 10.7. The summed E-state index contributed by atoms with van der Waals surface area (Å²) in [5.41, 5.74) is 0.337. The van der Waals surface area contributed by atoms with Gasteiger partial charge in [-0.25, -0.2) is 4.79 Å². The monoisotopic (exact) mass is 480 g/mol. The number of likely N-dealkylation sites (tertiary alicyclic amines) is 1. The molecule has 188 valence electrons. The molecular weight excluding hydrogens is 444 g/mol. The zero-order chi connectivity index (χ0) is 24.3.